The van der Waals surface area contributed by atoms with E-state index in [4.69, 9.17) is 5.73 Å². The largest absolute Gasteiger partial charge is 0.399 e. The fraction of sp³-hybridized carbons (Fsp3) is 0. The molecule has 3 aromatic carbocycles. The number of nitrogens with two attached hydrogens (primary N) is 1. The minimum Gasteiger partial charge on any atom is -0.399 e. The number of nitrogen functional groups attached to an aromatic ring is 1. The van der Waals surface area contributed by atoms with Crippen molar-refractivity contribution in [2.24, 2.45) is 0 Å². The first-order chi connectivity index (χ1) is 10.6. The van der Waals surface area contributed by atoms with Gasteiger partial charge in [-0.15, -0.1) is 0 Å². The van der Waals surface area contributed by atoms with E-state index in [1.807, 2.05) is 36.4 Å². The second-order valence-electron chi connectivity index (χ2n) is 5.30. The van der Waals surface area contributed by atoms with Crippen LogP contribution in [0.3, 0.4) is 0 Å². The molecule has 3 N–H and O–H groups in total. The van der Waals surface area contributed by atoms with Gasteiger partial charge in [0, 0.05) is 16.6 Å². The van der Waals surface area contributed by atoms with Crippen molar-refractivity contribution in [3.05, 3.63) is 65.7 Å². The Labute approximate surface area is 126 Å². The fourth-order valence-electron chi connectivity index (χ4n) is 2.94. The van der Waals surface area contributed by atoms with Gasteiger partial charge in [-0.3, -0.25) is 14.9 Å². The van der Waals surface area contributed by atoms with Crippen LogP contribution in [0, 0.1) is 0 Å². The molecule has 2 amide bonds. The summed E-state index contributed by atoms with van der Waals surface area (Å²) in [6.07, 6.45) is 0. The van der Waals surface area contributed by atoms with Crippen molar-refractivity contribution in [2.75, 3.05) is 5.73 Å². The maximum absolute atomic E-state index is 12.4. The smallest absolute Gasteiger partial charge is 0.259 e. The highest BCUT2D eigenvalue weighted by Gasteiger charge is 2.27. The Balaban J connectivity index is 2.10. The van der Waals surface area contributed by atoms with E-state index in [1.54, 1.807) is 18.2 Å². The predicted octanol–water partition coefficient (Wildman–Crippen LogP) is 2.97. The lowest BCUT2D eigenvalue weighted by atomic mass is 9.89. The lowest BCUT2D eigenvalue weighted by Crippen LogP contribution is -2.35. The molecule has 0 radical (unpaired) electrons. The van der Waals surface area contributed by atoms with Crippen LogP contribution in [-0.2, 0) is 0 Å². The third-order valence-corrected chi connectivity index (χ3v) is 3.97. The number of benzene rings is 3. The quantitative estimate of drug-likeness (QED) is 0.534. The van der Waals surface area contributed by atoms with Crippen LogP contribution >= 0.6 is 0 Å². The van der Waals surface area contributed by atoms with E-state index in [9.17, 15) is 9.59 Å². The standard InChI is InChI=1S/C18H12N2O2/c19-12-7-4-10(5-8-12)13-9-6-11-2-1-3-14-15(11)16(13)18(22)20-17(14)21/h1-9H,19H2,(H,20,21,22). The van der Waals surface area contributed by atoms with Gasteiger partial charge in [0.05, 0.1) is 5.56 Å². The Morgan fingerprint density at radius 2 is 1.55 bits per heavy atom. The molecule has 106 valence electrons. The third kappa shape index (κ3) is 1.71. The number of carbonyl (C=O) groups excluding carboxylic acids is 2. The minimum absolute atomic E-state index is 0.349. The minimum atomic E-state index is -0.360. The molecule has 0 spiro atoms. The van der Waals surface area contributed by atoms with Gasteiger partial charge in [-0.05, 0) is 34.7 Å². The molecule has 4 heteroatoms. The number of amides is 2. The van der Waals surface area contributed by atoms with Crippen LogP contribution in [0.1, 0.15) is 20.7 Å². The summed E-state index contributed by atoms with van der Waals surface area (Å²) in [5.41, 5.74) is 9.15. The SMILES string of the molecule is Nc1ccc(-c2ccc3cccc4c3c2C(=O)NC4=O)cc1. The van der Waals surface area contributed by atoms with E-state index in [1.165, 1.54) is 0 Å². The summed E-state index contributed by atoms with van der Waals surface area (Å²) in [5.74, 6) is -0.710. The molecule has 22 heavy (non-hydrogen) atoms. The highest BCUT2D eigenvalue weighted by molar-refractivity contribution is 6.27. The first-order valence-electron chi connectivity index (χ1n) is 6.92. The summed E-state index contributed by atoms with van der Waals surface area (Å²) in [4.78, 5) is 24.4. The van der Waals surface area contributed by atoms with E-state index < -0.39 is 0 Å². The maximum atomic E-state index is 12.4. The predicted molar refractivity (Wildman–Crippen MR) is 85.6 cm³/mol. The van der Waals surface area contributed by atoms with Gasteiger partial charge in [0.25, 0.3) is 11.8 Å². The van der Waals surface area contributed by atoms with Crippen molar-refractivity contribution in [3.8, 4) is 11.1 Å². The van der Waals surface area contributed by atoms with Crippen LogP contribution in [-0.4, -0.2) is 11.8 Å². The Kier molecular flexibility index (Phi) is 2.53. The van der Waals surface area contributed by atoms with Crippen LogP contribution in [0.15, 0.2) is 54.6 Å². The topological polar surface area (TPSA) is 72.2 Å². The lowest BCUT2D eigenvalue weighted by Gasteiger charge is -2.19. The number of nitrogens with one attached hydrogen (secondary N) is 1. The van der Waals surface area contributed by atoms with Gasteiger partial charge in [-0.25, -0.2) is 0 Å². The second kappa shape index (κ2) is 4.43. The van der Waals surface area contributed by atoms with Gasteiger partial charge < -0.3 is 5.73 Å². The second-order valence-corrected chi connectivity index (χ2v) is 5.30. The average molecular weight is 288 g/mol. The highest BCUT2D eigenvalue weighted by Crippen LogP contribution is 2.34. The molecule has 1 aliphatic heterocycles. The molecule has 4 nitrogen and oxygen atoms in total. The lowest BCUT2D eigenvalue weighted by molar-refractivity contribution is 0.0845. The first kappa shape index (κ1) is 12.6. The van der Waals surface area contributed by atoms with Crippen molar-refractivity contribution in [1.82, 2.24) is 5.32 Å². The summed E-state index contributed by atoms with van der Waals surface area (Å²) in [6, 6.07) is 16.6. The summed E-state index contributed by atoms with van der Waals surface area (Å²) in [7, 11) is 0. The molecule has 0 saturated heterocycles. The number of hydrogen-bond acceptors (Lipinski definition) is 3. The normalized spacial score (nSPS) is 13.3. The van der Waals surface area contributed by atoms with Crippen LogP contribution in [0.4, 0.5) is 5.69 Å². The van der Waals surface area contributed by atoms with Crippen LogP contribution in [0.5, 0.6) is 0 Å². The van der Waals surface area contributed by atoms with Crippen LogP contribution in [0.2, 0.25) is 0 Å². The van der Waals surface area contributed by atoms with Gasteiger partial charge >= 0.3 is 0 Å². The van der Waals surface area contributed by atoms with Gasteiger partial charge in [-0.1, -0.05) is 36.4 Å². The molecular weight excluding hydrogens is 276 g/mol. The molecular formula is C18H12N2O2. The molecule has 1 aliphatic rings. The first-order valence-corrected chi connectivity index (χ1v) is 6.92. The molecule has 0 bridgehead atoms. The number of anilines is 1. The Morgan fingerprint density at radius 3 is 2.32 bits per heavy atom. The summed E-state index contributed by atoms with van der Waals surface area (Å²) < 4.78 is 0. The van der Waals surface area contributed by atoms with Gasteiger partial charge in [0.15, 0.2) is 0 Å². The Bertz CT molecular complexity index is 943. The number of hydrogen-bond donors (Lipinski definition) is 2. The van der Waals surface area contributed by atoms with Gasteiger partial charge in [0.1, 0.15) is 0 Å². The molecule has 0 fully saturated rings. The van der Waals surface area contributed by atoms with Gasteiger partial charge in [-0.2, -0.15) is 0 Å². The number of imide groups is 1. The monoisotopic (exact) mass is 288 g/mol. The third-order valence-electron chi connectivity index (χ3n) is 3.97. The van der Waals surface area contributed by atoms with Crippen molar-refractivity contribution in [1.29, 1.82) is 0 Å². The molecule has 0 saturated carbocycles. The van der Waals surface area contributed by atoms with Crippen LogP contribution < -0.4 is 11.1 Å². The van der Waals surface area contributed by atoms with E-state index in [0.717, 1.165) is 16.5 Å². The maximum Gasteiger partial charge on any atom is 0.259 e. The van der Waals surface area contributed by atoms with Crippen molar-refractivity contribution < 1.29 is 9.59 Å². The summed E-state index contributed by atoms with van der Waals surface area (Å²) in [5, 5.41) is 4.01. The number of rotatable bonds is 1. The zero-order valence-corrected chi connectivity index (χ0v) is 11.6. The highest BCUT2D eigenvalue weighted by atomic mass is 16.2. The van der Waals surface area contributed by atoms with E-state index in [2.05, 4.69) is 5.32 Å². The molecule has 0 atom stereocenters. The van der Waals surface area contributed by atoms with E-state index in [-0.39, 0.29) is 11.8 Å². The summed E-state index contributed by atoms with van der Waals surface area (Å²) in [6.45, 7) is 0. The Hall–Kier alpha value is -3.14. The van der Waals surface area contributed by atoms with Crippen molar-refractivity contribution in [3.63, 3.8) is 0 Å². The average Bonchev–Trinajstić information content (AvgIpc) is 2.53. The Morgan fingerprint density at radius 1 is 0.773 bits per heavy atom. The molecule has 4 rings (SSSR count). The summed E-state index contributed by atoms with van der Waals surface area (Å²) >= 11 is 0. The number of carbonyl (C=O) groups is 2. The van der Waals surface area contributed by atoms with Crippen molar-refractivity contribution >= 4 is 28.3 Å². The zero-order chi connectivity index (χ0) is 15.3. The van der Waals surface area contributed by atoms with Gasteiger partial charge in [0.2, 0.25) is 0 Å². The molecule has 0 aromatic heterocycles. The van der Waals surface area contributed by atoms with Crippen molar-refractivity contribution in [2.45, 2.75) is 0 Å². The molecule has 1 heterocycles. The molecule has 3 aromatic rings. The molecule has 0 aliphatic carbocycles. The van der Waals surface area contributed by atoms with E-state index >= 15 is 0 Å². The zero-order valence-electron chi connectivity index (χ0n) is 11.6. The fourth-order valence-corrected chi connectivity index (χ4v) is 2.94. The molecule has 0 unspecified atom stereocenters. The van der Waals surface area contributed by atoms with Crippen LogP contribution in [0.25, 0.3) is 21.9 Å². The van der Waals surface area contributed by atoms with E-state index in [0.29, 0.717) is 22.2 Å².